The summed E-state index contributed by atoms with van der Waals surface area (Å²) in [5, 5.41) is 0.656. The molecule has 7 nitrogen and oxygen atoms in total. The molecular weight excluding hydrogens is 388 g/mol. The maximum atomic E-state index is 12.8. The number of benzene rings is 2. The summed E-state index contributed by atoms with van der Waals surface area (Å²) in [5.41, 5.74) is -0.608. The van der Waals surface area contributed by atoms with Crippen molar-refractivity contribution in [1.29, 1.82) is 0 Å². The van der Waals surface area contributed by atoms with E-state index in [1.807, 2.05) is 0 Å². The molecule has 0 fully saturated rings. The lowest BCUT2D eigenvalue weighted by atomic mass is 9.93. The summed E-state index contributed by atoms with van der Waals surface area (Å²) in [7, 11) is 0. The molecular formula is C23H20O7. The van der Waals surface area contributed by atoms with Gasteiger partial charge < -0.3 is 18.6 Å². The second-order valence-electron chi connectivity index (χ2n) is 7.58. The number of hydrogen-bond donors (Lipinski definition) is 0. The topological polar surface area (TPSA) is 92.0 Å². The van der Waals surface area contributed by atoms with Crippen molar-refractivity contribution in [3.63, 3.8) is 0 Å². The highest BCUT2D eigenvalue weighted by Gasteiger charge is 2.50. The summed E-state index contributed by atoms with van der Waals surface area (Å²) in [6.07, 6.45) is -1.81. The molecule has 7 heteroatoms. The van der Waals surface area contributed by atoms with E-state index in [9.17, 15) is 14.4 Å². The number of rotatable bonds is 4. The Hall–Kier alpha value is -3.61. The average Bonchev–Trinajstić information content (AvgIpc) is 3.07. The zero-order valence-electron chi connectivity index (χ0n) is 16.7. The van der Waals surface area contributed by atoms with Crippen molar-refractivity contribution in [3.8, 4) is 5.75 Å². The first-order chi connectivity index (χ1) is 14.3. The molecule has 30 heavy (non-hydrogen) atoms. The first kappa shape index (κ1) is 19.7. The first-order valence-electron chi connectivity index (χ1n) is 9.45. The average molecular weight is 408 g/mol. The van der Waals surface area contributed by atoms with Gasteiger partial charge in [-0.3, -0.25) is 4.79 Å². The lowest BCUT2D eigenvalue weighted by Crippen LogP contribution is -2.46. The standard InChI is InChI=1S/C23H20O7/c1-13(24)30-23(2,3)21-20(29-22(26)15-7-5-4-6-8-15)18-16(27-21)11-9-14-10-12-17(25)28-19(14)18/h4-12,20-21H,1-3H3/t20-,21-/m1/s1. The molecule has 0 amide bonds. The Morgan fingerprint density at radius 2 is 1.70 bits per heavy atom. The van der Waals surface area contributed by atoms with Gasteiger partial charge in [0, 0.05) is 18.4 Å². The summed E-state index contributed by atoms with van der Waals surface area (Å²) >= 11 is 0. The minimum absolute atomic E-state index is 0.270. The highest BCUT2D eigenvalue weighted by Crippen LogP contribution is 2.47. The maximum Gasteiger partial charge on any atom is 0.338 e. The maximum absolute atomic E-state index is 12.8. The fourth-order valence-electron chi connectivity index (χ4n) is 3.67. The van der Waals surface area contributed by atoms with Gasteiger partial charge in [-0.15, -0.1) is 0 Å². The van der Waals surface area contributed by atoms with Gasteiger partial charge in [-0.05, 0) is 44.2 Å². The Morgan fingerprint density at radius 1 is 1.00 bits per heavy atom. The molecule has 0 saturated heterocycles. The minimum Gasteiger partial charge on any atom is -0.481 e. The normalized spacial score (nSPS) is 17.8. The molecule has 1 aliphatic heterocycles. The van der Waals surface area contributed by atoms with Crippen LogP contribution in [-0.4, -0.2) is 23.6 Å². The van der Waals surface area contributed by atoms with Crippen LogP contribution in [0.25, 0.3) is 11.0 Å². The van der Waals surface area contributed by atoms with Crippen molar-refractivity contribution < 1.29 is 28.2 Å². The van der Waals surface area contributed by atoms with Crippen LogP contribution in [0.15, 0.2) is 63.8 Å². The van der Waals surface area contributed by atoms with E-state index in [0.29, 0.717) is 22.3 Å². The molecule has 0 saturated carbocycles. The molecule has 154 valence electrons. The van der Waals surface area contributed by atoms with Crippen LogP contribution < -0.4 is 10.4 Å². The number of carbonyl (C=O) groups excluding carboxylic acids is 2. The number of hydrogen-bond acceptors (Lipinski definition) is 7. The van der Waals surface area contributed by atoms with Crippen LogP contribution in [-0.2, 0) is 14.3 Å². The van der Waals surface area contributed by atoms with Crippen molar-refractivity contribution in [2.24, 2.45) is 0 Å². The SMILES string of the molecule is CC(=O)OC(C)(C)[C@@H]1Oc2ccc3ccc(=O)oc3c2[C@H]1OC(=O)c1ccccc1. The van der Waals surface area contributed by atoms with E-state index in [1.165, 1.54) is 13.0 Å². The van der Waals surface area contributed by atoms with E-state index < -0.39 is 35.4 Å². The van der Waals surface area contributed by atoms with Crippen LogP contribution in [0.5, 0.6) is 5.75 Å². The summed E-state index contributed by atoms with van der Waals surface area (Å²) in [5.74, 6) is -0.673. The zero-order chi connectivity index (χ0) is 21.5. The molecule has 2 aromatic carbocycles. The lowest BCUT2D eigenvalue weighted by Gasteiger charge is -2.33. The summed E-state index contributed by atoms with van der Waals surface area (Å²) in [4.78, 5) is 36.4. The third-order valence-corrected chi connectivity index (χ3v) is 4.94. The van der Waals surface area contributed by atoms with Gasteiger partial charge >= 0.3 is 17.6 Å². The number of carbonyl (C=O) groups is 2. The molecule has 4 rings (SSSR count). The minimum atomic E-state index is -1.13. The van der Waals surface area contributed by atoms with Gasteiger partial charge in [0.2, 0.25) is 0 Å². The van der Waals surface area contributed by atoms with Crippen LogP contribution in [0.3, 0.4) is 0 Å². The molecule has 3 aromatic rings. The van der Waals surface area contributed by atoms with E-state index in [-0.39, 0.29) is 5.58 Å². The van der Waals surface area contributed by atoms with E-state index >= 15 is 0 Å². The second-order valence-corrected chi connectivity index (χ2v) is 7.58. The number of fused-ring (bicyclic) bond motifs is 3. The van der Waals surface area contributed by atoms with Gasteiger partial charge in [0.25, 0.3) is 0 Å². The van der Waals surface area contributed by atoms with Crippen LogP contribution >= 0.6 is 0 Å². The Kier molecular flexibility index (Phi) is 4.81. The Morgan fingerprint density at radius 3 is 2.40 bits per heavy atom. The largest absolute Gasteiger partial charge is 0.481 e. The predicted molar refractivity (Wildman–Crippen MR) is 107 cm³/mol. The summed E-state index contributed by atoms with van der Waals surface area (Å²) in [6.45, 7) is 4.64. The van der Waals surface area contributed by atoms with E-state index in [2.05, 4.69) is 0 Å². The van der Waals surface area contributed by atoms with Crippen LogP contribution in [0.2, 0.25) is 0 Å². The van der Waals surface area contributed by atoms with Gasteiger partial charge in [0.15, 0.2) is 12.2 Å². The van der Waals surface area contributed by atoms with E-state index in [0.717, 1.165) is 0 Å². The quantitative estimate of drug-likeness (QED) is 0.479. The Labute approximate surface area is 172 Å². The smallest absolute Gasteiger partial charge is 0.338 e. The highest BCUT2D eigenvalue weighted by atomic mass is 16.6. The summed E-state index contributed by atoms with van der Waals surface area (Å²) in [6, 6.07) is 14.9. The molecule has 0 radical (unpaired) electrons. The molecule has 0 N–H and O–H groups in total. The monoisotopic (exact) mass is 408 g/mol. The zero-order valence-corrected chi connectivity index (χ0v) is 16.7. The highest BCUT2D eigenvalue weighted by molar-refractivity contribution is 5.90. The van der Waals surface area contributed by atoms with Crippen molar-refractivity contribution in [2.45, 2.75) is 38.6 Å². The third-order valence-electron chi connectivity index (χ3n) is 4.94. The van der Waals surface area contributed by atoms with Crippen molar-refractivity contribution >= 4 is 22.9 Å². The summed E-state index contributed by atoms with van der Waals surface area (Å²) < 4.78 is 22.8. The van der Waals surface area contributed by atoms with Crippen LogP contribution in [0, 0.1) is 0 Å². The molecule has 2 atom stereocenters. The number of esters is 2. The van der Waals surface area contributed by atoms with Gasteiger partial charge in [-0.1, -0.05) is 18.2 Å². The van der Waals surface area contributed by atoms with Gasteiger partial charge in [-0.25, -0.2) is 9.59 Å². The fourth-order valence-corrected chi connectivity index (χ4v) is 3.67. The van der Waals surface area contributed by atoms with Crippen LogP contribution in [0.4, 0.5) is 0 Å². The van der Waals surface area contributed by atoms with Crippen LogP contribution in [0.1, 0.15) is 42.8 Å². The molecule has 1 aliphatic rings. The lowest BCUT2D eigenvalue weighted by molar-refractivity contribution is -0.168. The molecule has 0 spiro atoms. The molecule has 0 unspecified atom stereocenters. The second kappa shape index (κ2) is 7.33. The van der Waals surface area contributed by atoms with E-state index in [1.54, 1.807) is 62.4 Å². The van der Waals surface area contributed by atoms with Gasteiger partial charge in [0.05, 0.1) is 11.1 Å². The molecule has 0 bridgehead atoms. The van der Waals surface area contributed by atoms with Crippen molar-refractivity contribution in [1.82, 2.24) is 0 Å². The van der Waals surface area contributed by atoms with Crippen molar-refractivity contribution in [3.05, 3.63) is 76.1 Å². The molecule has 0 aliphatic carbocycles. The first-order valence-corrected chi connectivity index (χ1v) is 9.45. The van der Waals surface area contributed by atoms with Gasteiger partial charge in [-0.2, -0.15) is 0 Å². The Bertz CT molecular complexity index is 1180. The van der Waals surface area contributed by atoms with Gasteiger partial charge in [0.1, 0.15) is 16.9 Å². The van der Waals surface area contributed by atoms with Crippen molar-refractivity contribution in [2.75, 3.05) is 0 Å². The fraction of sp³-hybridized carbons (Fsp3) is 0.261. The Balaban J connectivity index is 1.83. The third kappa shape index (κ3) is 3.54. The van der Waals surface area contributed by atoms with E-state index in [4.69, 9.17) is 18.6 Å². The molecule has 2 heterocycles. The predicted octanol–water partition coefficient (Wildman–Crippen LogP) is 3.79. The molecule has 1 aromatic heterocycles. The number of ether oxygens (including phenoxy) is 3.